The van der Waals surface area contributed by atoms with Crippen molar-refractivity contribution in [2.45, 2.75) is 31.0 Å². The van der Waals surface area contributed by atoms with Gasteiger partial charge in [-0.25, -0.2) is 0 Å². The molecule has 10 heteroatoms. The van der Waals surface area contributed by atoms with E-state index in [1.54, 1.807) is 0 Å². The van der Waals surface area contributed by atoms with Crippen LogP contribution in [0.5, 0.6) is 5.75 Å². The van der Waals surface area contributed by atoms with Crippen molar-refractivity contribution in [1.82, 2.24) is 0 Å². The van der Waals surface area contributed by atoms with Gasteiger partial charge in [0.2, 0.25) is 5.91 Å². The van der Waals surface area contributed by atoms with Gasteiger partial charge in [-0.2, -0.15) is 0 Å². The van der Waals surface area contributed by atoms with E-state index in [2.05, 4.69) is 0 Å². The number of hydrogen-bond donors (Lipinski definition) is 5. The number of aliphatic hydroxyl groups is 2. The van der Waals surface area contributed by atoms with E-state index in [-0.39, 0.29) is 23.2 Å². The fourth-order valence-electron chi connectivity index (χ4n) is 5.40. The standard InChI is InChI=1S/C20H20N2O8/c1-19(29)7-4-6-5-10(24)13(18(22)28)17(27)20(6,30)16(26)11(7)15(25)12-9(23)3-2-8(21)14(12)19/h2-3,6-7,11,13,23,29-30H,4-5,21H2,1H3,(H2,22,28)/t6-,7-,11?,13?,19-,20-/m0/s1. The highest BCUT2D eigenvalue weighted by atomic mass is 16.3. The van der Waals surface area contributed by atoms with E-state index < -0.39 is 76.1 Å². The monoisotopic (exact) mass is 416 g/mol. The molecule has 2 unspecified atom stereocenters. The first-order chi connectivity index (χ1) is 13.8. The Morgan fingerprint density at radius 2 is 1.77 bits per heavy atom. The Kier molecular flexibility index (Phi) is 4.01. The molecule has 3 aliphatic carbocycles. The smallest absolute Gasteiger partial charge is 0.235 e. The van der Waals surface area contributed by atoms with Crippen LogP contribution in [-0.2, 0) is 24.8 Å². The van der Waals surface area contributed by atoms with Crippen LogP contribution >= 0.6 is 0 Å². The minimum atomic E-state index is -2.77. The molecule has 0 spiro atoms. The number of nitrogen functional groups attached to an aromatic ring is 1. The summed E-state index contributed by atoms with van der Waals surface area (Å²) in [7, 11) is 0. The predicted molar refractivity (Wildman–Crippen MR) is 98.8 cm³/mol. The Labute approximate surface area is 169 Å². The maximum absolute atomic E-state index is 13.3. The summed E-state index contributed by atoms with van der Waals surface area (Å²) < 4.78 is 0. The molecule has 0 heterocycles. The highest BCUT2D eigenvalue weighted by molar-refractivity contribution is 6.31. The lowest BCUT2D eigenvalue weighted by molar-refractivity contribution is -0.182. The number of rotatable bonds is 1. The van der Waals surface area contributed by atoms with Crippen LogP contribution in [0.4, 0.5) is 5.69 Å². The molecule has 30 heavy (non-hydrogen) atoms. The Morgan fingerprint density at radius 1 is 1.13 bits per heavy atom. The van der Waals surface area contributed by atoms with Crippen LogP contribution in [0.3, 0.4) is 0 Å². The molecule has 4 rings (SSSR count). The van der Waals surface area contributed by atoms with Crippen LogP contribution in [0.1, 0.15) is 35.7 Å². The Bertz CT molecular complexity index is 1060. The zero-order valence-corrected chi connectivity index (χ0v) is 15.9. The molecular weight excluding hydrogens is 396 g/mol. The molecule has 2 fully saturated rings. The van der Waals surface area contributed by atoms with Crippen LogP contribution in [0, 0.1) is 23.7 Å². The third kappa shape index (κ3) is 2.23. The number of nitrogens with two attached hydrogens (primary N) is 2. The number of amides is 1. The number of anilines is 1. The first-order valence-electron chi connectivity index (χ1n) is 9.36. The van der Waals surface area contributed by atoms with Gasteiger partial charge in [-0.15, -0.1) is 0 Å². The third-order valence-electron chi connectivity index (χ3n) is 6.85. The third-order valence-corrected chi connectivity index (χ3v) is 6.85. The minimum Gasteiger partial charge on any atom is -0.507 e. The number of Topliss-reactive ketones (excluding diaryl/α,β-unsaturated/α-hetero) is 4. The summed E-state index contributed by atoms with van der Waals surface area (Å²) in [5.74, 6) is -12.1. The molecule has 1 amide bonds. The molecule has 3 aliphatic rings. The number of carbonyl (C=O) groups is 5. The van der Waals surface area contributed by atoms with E-state index in [1.807, 2.05) is 0 Å². The molecule has 6 atom stereocenters. The summed E-state index contributed by atoms with van der Waals surface area (Å²) in [4.78, 5) is 63.2. The zero-order chi connectivity index (χ0) is 22.3. The lowest BCUT2D eigenvalue weighted by Gasteiger charge is -2.52. The fourth-order valence-corrected chi connectivity index (χ4v) is 5.40. The van der Waals surface area contributed by atoms with E-state index in [0.717, 1.165) is 6.07 Å². The molecule has 0 radical (unpaired) electrons. The van der Waals surface area contributed by atoms with Gasteiger partial charge in [0, 0.05) is 29.5 Å². The predicted octanol–water partition coefficient (Wildman–Crippen LogP) is -1.43. The second kappa shape index (κ2) is 5.96. The van der Waals surface area contributed by atoms with Crippen LogP contribution < -0.4 is 11.5 Å². The van der Waals surface area contributed by atoms with Crippen LogP contribution in [0.25, 0.3) is 0 Å². The summed E-state index contributed by atoms with van der Waals surface area (Å²) in [6.45, 7) is 1.32. The molecule has 158 valence electrons. The Balaban J connectivity index is 1.91. The van der Waals surface area contributed by atoms with Gasteiger partial charge >= 0.3 is 0 Å². The van der Waals surface area contributed by atoms with Crippen molar-refractivity contribution in [2.24, 2.45) is 29.4 Å². The lowest BCUT2D eigenvalue weighted by Crippen LogP contribution is -2.70. The molecule has 10 nitrogen and oxygen atoms in total. The highest BCUT2D eigenvalue weighted by Gasteiger charge is 2.68. The van der Waals surface area contributed by atoms with Crippen molar-refractivity contribution in [3.05, 3.63) is 23.3 Å². The quantitative estimate of drug-likeness (QED) is 0.207. The van der Waals surface area contributed by atoms with E-state index in [0.29, 0.717) is 0 Å². The largest absolute Gasteiger partial charge is 0.507 e. The van der Waals surface area contributed by atoms with Crippen LogP contribution in [-0.4, -0.2) is 50.0 Å². The van der Waals surface area contributed by atoms with Gasteiger partial charge in [0.25, 0.3) is 0 Å². The number of phenolic OH excluding ortho intramolecular Hbond substituents is 1. The first kappa shape index (κ1) is 20.2. The van der Waals surface area contributed by atoms with Crippen molar-refractivity contribution in [2.75, 3.05) is 5.73 Å². The van der Waals surface area contributed by atoms with Crippen molar-refractivity contribution in [1.29, 1.82) is 0 Å². The second-order valence-corrected chi connectivity index (χ2v) is 8.45. The number of carbonyl (C=O) groups excluding carboxylic acids is 5. The average molecular weight is 416 g/mol. The van der Waals surface area contributed by atoms with Crippen molar-refractivity contribution in [3.8, 4) is 5.75 Å². The minimum absolute atomic E-state index is 0.0254. The van der Waals surface area contributed by atoms with Crippen molar-refractivity contribution in [3.63, 3.8) is 0 Å². The van der Waals surface area contributed by atoms with Gasteiger partial charge in [0.15, 0.2) is 34.7 Å². The molecule has 1 aromatic rings. The van der Waals surface area contributed by atoms with Crippen molar-refractivity contribution < 1.29 is 39.3 Å². The fraction of sp³-hybridized carbons (Fsp3) is 0.450. The summed E-state index contributed by atoms with van der Waals surface area (Å²) >= 11 is 0. The summed E-state index contributed by atoms with van der Waals surface area (Å²) in [6.07, 6.45) is -0.722. The molecule has 2 saturated carbocycles. The number of hydrogen-bond acceptors (Lipinski definition) is 9. The van der Waals surface area contributed by atoms with Gasteiger partial charge in [-0.3, -0.25) is 24.0 Å². The van der Waals surface area contributed by atoms with Gasteiger partial charge in [0.1, 0.15) is 5.75 Å². The topological polar surface area (TPSA) is 198 Å². The van der Waals surface area contributed by atoms with Crippen LogP contribution in [0.15, 0.2) is 12.1 Å². The van der Waals surface area contributed by atoms with E-state index in [1.165, 1.54) is 13.0 Å². The number of benzene rings is 1. The van der Waals surface area contributed by atoms with Gasteiger partial charge in [0.05, 0.1) is 17.1 Å². The Hall–Kier alpha value is -3.11. The number of fused-ring (bicyclic) bond motifs is 3. The van der Waals surface area contributed by atoms with Gasteiger partial charge < -0.3 is 26.8 Å². The summed E-state index contributed by atoms with van der Waals surface area (Å²) in [5, 5.41) is 32.6. The maximum Gasteiger partial charge on any atom is 0.235 e. The summed E-state index contributed by atoms with van der Waals surface area (Å²) in [5.41, 5.74) is 6.04. The number of phenols is 1. The maximum atomic E-state index is 13.3. The SMILES string of the molecule is C[C@@]1(O)c2c(N)ccc(O)c2C(=O)C2C(=O)[C@]3(O)C(=O)C(C(N)=O)C(=O)C[C@@H]3C[C@@H]21. The van der Waals surface area contributed by atoms with E-state index in [4.69, 9.17) is 11.5 Å². The van der Waals surface area contributed by atoms with Crippen molar-refractivity contribution >= 4 is 34.7 Å². The van der Waals surface area contributed by atoms with Gasteiger partial charge in [-0.1, -0.05) is 0 Å². The molecule has 0 aliphatic heterocycles. The molecular formula is C20H20N2O8. The first-order valence-corrected chi connectivity index (χ1v) is 9.36. The average Bonchev–Trinajstić information content (AvgIpc) is 2.64. The molecule has 0 saturated heterocycles. The van der Waals surface area contributed by atoms with Crippen LogP contribution in [0.2, 0.25) is 0 Å². The Morgan fingerprint density at radius 3 is 2.37 bits per heavy atom. The molecule has 0 aromatic heterocycles. The zero-order valence-electron chi connectivity index (χ0n) is 15.9. The normalized spacial score (nSPS) is 38.0. The second-order valence-electron chi connectivity index (χ2n) is 8.45. The van der Waals surface area contributed by atoms with E-state index in [9.17, 15) is 39.3 Å². The summed E-state index contributed by atoms with van der Waals surface area (Å²) in [6, 6.07) is 2.45. The number of ketones is 4. The number of aromatic hydroxyl groups is 1. The number of primary amides is 1. The molecule has 7 N–H and O–H groups in total. The van der Waals surface area contributed by atoms with Gasteiger partial charge in [-0.05, 0) is 25.5 Å². The molecule has 1 aromatic carbocycles. The highest BCUT2D eigenvalue weighted by Crippen LogP contribution is 2.56. The lowest BCUT2D eigenvalue weighted by atomic mass is 9.51. The van der Waals surface area contributed by atoms with E-state index >= 15 is 0 Å². The molecule has 0 bridgehead atoms.